The van der Waals surface area contributed by atoms with Crippen LogP contribution in [0.2, 0.25) is 0 Å². The Morgan fingerprint density at radius 2 is 1.32 bits per heavy atom. The summed E-state index contributed by atoms with van der Waals surface area (Å²) >= 11 is 0. The second-order valence-corrected chi connectivity index (χ2v) is 9.18. The van der Waals surface area contributed by atoms with Crippen molar-refractivity contribution in [3.05, 3.63) is 0 Å². The van der Waals surface area contributed by atoms with Gasteiger partial charge in [0.2, 0.25) is 0 Å². The molecule has 0 aromatic rings. The number of carbonyl (C=O) groups is 2. The van der Waals surface area contributed by atoms with Gasteiger partial charge in [0, 0.05) is 27.3 Å². The van der Waals surface area contributed by atoms with Crippen LogP contribution in [-0.2, 0) is 56.3 Å². The van der Waals surface area contributed by atoms with E-state index in [1.54, 1.807) is 19.0 Å². The number of methoxy groups -OCH3 is 1. The molecule has 0 aromatic carbocycles. The van der Waals surface area contributed by atoms with Gasteiger partial charge < -0.3 is 38.3 Å². The molecule has 0 aliphatic heterocycles. The van der Waals surface area contributed by atoms with Gasteiger partial charge in [-0.3, -0.25) is 29.9 Å². The summed E-state index contributed by atoms with van der Waals surface area (Å²) in [4.78, 5) is 45.8. The Morgan fingerprint density at radius 1 is 0.838 bits per heavy atom. The molecule has 0 heterocycles. The molecule has 0 rings (SSSR count). The van der Waals surface area contributed by atoms with Crippen LogP contribution < -0.4 is 138 Å². The summed E-state index contributed by atoms with van der Waals surface area (Å²) < 4.78 is 47.8. The summed E-state index contributed by atoms with van der Waals surface area (Å²) in [5, 5.41) is 0. The van der Waals surface area contributed by atoms with Crippen LogP contribution in [0.4, 0.5) is 0 Å². The largest absolute Gasteiger partial charge is 1.00 e. The maximum Gasteiger partial charge on any atom is 1.00 e. The van der Waals surface area contributed by atoms with E-state index in [0.717, 1.165) is 7.11 Å². The Hall–Kier alpha value is 2.17. The van der Waals surface area contributed by atoms with Crippen LogP contribution in [0.1, 0.15) is 12.8 Å². The number of hydrogen-bond donors (Lipinski definition) is 0. The van der Waals surface area contributed by atoms with Crippen LogP contribution in [0.15, 0.2) is 0 Å². The molecule has 14 nitrogen and oxygen atoms in total. The third-order valence-corrected chi connectivity index (χ3v) is 5.26. The van der Waals surface area contributed by atoms with E-state index in [9.17, 15) is 18.9 Å². The van der Waals surface area contributed by atoms with Crippen LogP contribution in [0.25, 0.3) is 0 Å². The number of phosphoric ester groups is 1. The smallest absolute Gasteiger partial charge is 0.648 e. The number of hydrogen-bond acceptors (Lipinski definition) is 14. The monoisotopic (exact) mass is 794 g/mol. The first-order valence-corrected chi connectivity index (χ1v) is 11.9. The molecule has 3 unspecified atom stereocenters. The molecule has 17 heteroatoms. The third kappa shape index (κ3) is 28.1. The zero-order valence-corrected chi connectivity index (χ0v) is 36.6. The Balaban J connectivity index is -0.00000132. The van der Waals surface area contributed by atoms with Crippen molar-refractivity contribution in [1.29, 1.82) is 0 Å². The predicted molar refractivity (Wildman–Crippen MR) is 123 cm³/mol. The van der Waals surface area contributed by atoms with E-state index >= 15 is 0 Å². The van der Waals surface area contributed by atoms with Gasteiger partial charge in [0.05, 0.1) is 32.7 Å². The van der Waals surface area contributed by atoms with Gasteiger partial charge in [-0.2, -0.15) is 0 Å². The Kier molecular flexibility index (Phi) is 37.0. The van der Waals surface area contributed by atoms with Crippen molar-refractivity contribution in [1.82, 2.24) is 9.80 Å². The van der Waals surface area contributed by atoms with Crippen molar-refractivity contribution in [2.45, 2.75) is 25.0 Å². The van der Waals surface area contributed by atoms with Crippen LogP contribution >= 0.6 is 7.82 Å². The second-order valence-electron chi connectivity index (χ2n) is 7.40. The standard InChI is InChI=1S/C19H36N2O11P.CHO.2Cs/c1-20(2)9-7-18(23)28-12-17(32-19(24)8-10-21(3)4)14-31-33(25,27-6)30-13-16(11-26-5)29-15-22;1-2;;/h16-17H,7-14H2,1-6H3;1H;;/q2*-1;2*+1. The topological polar surface area (TPSA) is 156 Å². The summed E-state index contributed by atoms with van der Waals surface area (Å²) in [6, 6.07) is 0. The first-order valence-electron chi connectivity index (χ1n) is 10.4. The van der Waals surface area contributed by atoms with Gasteiger partial charge >= 0.3 is 158 Å². The van der Waals surface area contributed by atoms with Gasteiger partial charge in [-0.25, -0.2) is 4.57 Å². The van der Waals surface area contributed by atoms with Crippen LogP contribution in [-0.4, -0.2) is 129 Å². The summed E-state index contributed by atoms with van der Waals surface area (Å²) in [7, 11) is 5.59. The quantitative estimate of drug-likeness (QED) is 0.0378. The summed E-state index contributed by atoms with van der Waals surface area (Å²) in [6.45, 7) is 4.30. The fourth-order valence-electron chi connectivity index (χ4n) is 2.11. The molecule has 0 aliphatic carbocycles. The molecule has 37 heavy (non-hydrogen) atoms. The molecule has 0 spiro atoms. The molecule has 0 radical (unpaired) electrons. The van der Waals surface area contributed by atoms with E-state index in [1.165, 1.54) is 13.6 Å². The molecule has 206 valence electrons. The minimum absolute atomic E-state index is 0. The summed E-state index contributed by atoms with van der Waals surface area (Å²) in [5.74, 6) is -1.04. The molecular formula is C20H37Cs2N2O12P. The van der Waals surface area contributed by atoms with Gasteiger partial charge in [-0.05, 0) is 28.2 Å². The van der Waals surface area contributed by atoms with Gasteiger partial charge in [-0.1, -0.05) is 6.47 Å². The van der Waals surface area contributed by atoms with E-state index < -0.39 is 38.6 Å². The number of esters is 2. The normalized spacial score (nSPS) is 13.5. The molecular weight excluding hydrogens is 757 g/mol. The SMILES string of the molecule is COCC(COP(=O)(OC)OCC(COC(=O)CCN(C)C)OC(=O)CCN(C)C)O[C-]=O.[CH-]=O.[Cs+].[Cs+]. The zero-order valence-electron chi connectivity index (χ0n) is 23.1. The van der Waals surface area contributed by atoms with Crippen molar-refractivity contribution in [2.24, 2.45) is 0 Å². The molecule has 0 saturated heterocycles. The molecule has 0 fully saturated rings. The van der Waals surface area contributed by atoms with E-state index in [2.05, 4.69) is 11.5 Å². The average molecular weight is 794 g/mol. The molecule has 0 amide bonds. The molecule has 0 aliphatic rings. The fourth-order valence-corrected chi connectivity index (χ4v) is 3.09. The second kappa shape index (κ2) is 29.7. The minimum Gasteiger partial charge on any atom is -0.648 e. The van der Waals surface area contributed by atoms with Crippen molar-refractivity contribution < 1.29 is 194 Å². The molecule has 0 aromatic heterocycles. The van der Waals surface area contributed by atoms with Crippen molar-refractivity contribution in [3.63, 3.8) is 0 Å². The molecule has 0 N–H and O–H groups in total. The van der Waals surface area contributed by atoms with E-state index in [-0.39, 0.29) is 170 Å². The molecule has 0 saturated carbocycles. The Bertz CT molecular complexity index is 646. The summed E-state index contributed by atoms with van der Waals surface area (Å²) in [6.07, 6.45) is -1.71. The third-order valence-electron chi connectivity index (χ3n) is 3.88. The Labute approximate surface area is 337 Å². The van der Waals surface area contributed by atoms with Gasteiger partial charge in [0.25, 0.3) is 0 Å². The molecule has 0 bridgehead atoms. The van der Waals surface area contributed by atoms with E-state index in [1.807, 2.05) is 19.0 Å². The average Bonchev–Trinajstić information content (AvgIpc) is 2.83. The van der Waals surface area contributed by atoms with Crippen molar-refractivity contribution >= 4 is 33.0 Å². The maximum absolute atomic E-state index is 12.7. The first-order chi connectivity index (χ1) is 16.5. The van der Waals surface area contributed by atoms with Crippen molar-refractivity contribution in [3.8, 4) is 0 Å². The number of phosphoric acid groups is 1. The maximum atomic E-state index is 12.7. The zero-order chi connectivity index (χ0) is 27.3. The predicted octanol–water partition coefficient (Wildman–Crippen LogP) is -6.03. The van der Waals surface area contributed by atoms with Crippen LogP contribution in [0.5, 0.6) is 0 Å². The number of rotatable bonds is 20. The van der Waals surface area contributed by atoms with Gasteiger partial charge in [-0.15, -0.1) is 0 Å². The minimum atomic E-state index is -4.12. The fraction of sp³-hybridized carbons (Fsp3) is 0.800. The van der Waals surface area contributed by atoms with E-state index in [0.29, 0.717) is 13.1 Å². The Morgan fingerprint density at radius 3 is 1.76 bits per heavy atom. The van der Waals surface area contributed by atoms with E-state index in [4.69, 9.17) is 32.6 Å². The van der Waals surface area contributed by atoms with Gasteiger partial charge in [0.1, 0.15) is 12.7 Å². The molecule has 3 atom stereocenters. The van der Waals surface area contributed by atoms with Crippen LogP contribution in [0.3, 0.4) is 0 Å². The van der Waals surface area contributed by atoms with Crippen molar-refractivity contribution in [2.75, 3.05) is 81.9 Å². The summed E-state index contributed by atoms with van der Waals surface area (Å²) in [5.41, 5.74) is 0. The number of carbonyl (C=O) groups excluding carboxylic acids is 4. The van der Waals surface area contributed by atoms with Gasteiger partial charge in [0.15, 0.2) is 6.10 Å². The van der Waals surface area contributed by atoms with Crippen LogP contribution in [0, 0.1) is 0 Å². The number of ether oxygens (including phenoxy) is 4. The first kappa shape index (κ1) is 46.1. The number of nitrogens with zero attached hydrogens (tertiary/aromatic N) is 2.